The highest BCUT2D eigenvalue weighted by Crippen LogP contribution is 2.30. The van der Waals surface area contributed by atoms with E-state index >= 15 is 0 Å². The summed E-state index contributed by atoms with van der Waals surface area (Å²) in [4.78, 5) is 10.7. The van der Waals surface area contributed by atoms with E-state index in [0.717, 1.165) is 11.3 Å². The van der Waals surface area contributed by atoms with Crippen LogP contribution in [0.4, 0.5) is 0 Å². The van der Waals surface area contributed by atoms with Gasteiger partial charge in [-0.15, -0.1) is 0 Å². The lowest BCUT2D eigenvalue weighted by molar-refractivity contribution is -0.136. The standard InChI is InChI=1S/C15H18N2O2/c1-8-5-9(2)11(4)15(10(8)3)13-6-12(16-17-13)7-14(18)19/h5-6H,7H2,1-4H3,(H,16,17)(H,18,19). The van der Waals surface area contributed by atoms with Gasteiger partial charge in [-0.2, -0.15) is 5.10 Å². The summed E-state index contributed by atoms with van der Waals surface area (Å²) in [7, 11) is 0. The maximum Gasteiger partial charge on any atom is 0.309 e. The van der Waals surface area contributed by atoms with Gasteiger partial charge in [0.25, 0.3) is 0 Å². The number of carbonyl (C=O) groups is 1. The average molecular weight is 258 g/mol. The van der Waals surface area contributed by atoms with Crippen LogP contribution >= 0.6 is 0 Å². The fourth-order valence-corrected chi connectivity index (χ4v) is 2.34. The molecular formula is C15H18N2O2. The number of carboxylic acid groups (broad SMARTS) is 1. The van der Waals surface area contributed by atoms with Crippen molar-refractivity contribution in [2.45, 2.75) is 34.1 Å². The van der Waals surface area contributed by atoms with Crippen molar-refractivity contribution < 1.29 is 9.90 Å². The van der Waals surface area contributed by atoms with Gasteiger partial charge in [-0.05, 0) is 56.0 Å². The smallest absolute Gasteiger partial charge is 0.309 e. The lowest BCUT2D eigenvalue weighted by Crippen LogP contribution is -1.99. The van der Waals surface area contributed by atoms with E-state index in [0.29, 0.717) is 5.69 Å². The highest BCUT2D eigenvalue weighted by Gasteiger charge is 2.14. The number of aliphatic carboxylic acids is 1. The van der Waals surface area contributed by atoms with E-state index in [1.807, 2.05) is 6.07 Å². The van der Waals surface area contributed by atoms with Crippen molar-refractivity contribution in [3.8, 4) is 11.3 Å². The number of carboxylic acids is 1. The van der Waals surface area contributed by atoms with Crippen molar-refractivity contribution in [3.63, 3.8) is 0 Å². The molecular weight excluding hydrogens is 240 g/mol. The van der Waals surface area contributed by atoms with Crippen LogP contribution in [0.1, 0.15) is 27.9 Å². The molecule has 19 heavy (non-hydrogen) atoms. The summed E-state index contributed by atoms with van der Waals surface area (Å²) in [6.07, 6.45) is -0.0319. The van der Waals surface area contributed by atoms with E-state index in [-0.39, 0.29) is 6.42 Å². The lowest BCUT2D eigenvalue weighted by Gasteiger charge is -2.13. The molecule has 0 unspecified atom stereocenters. The third-order valence-corrected chi connectivity index (χ3v) is 3.59. The van der Waals surface area contributed by atoms with Crippen molar-refractivity contribution in [1.82, 2.24) is 10.2 Å². The SMILES string of the molecule is Cc1cc(C)c(C)c(-c2cc(CC(=O)O)[nH]n2)c1C. The molecule has 4 heteroatoms. The van der Waals surface area contributed by atoms with Gasteiger partial charge in [0.15, 0.2) is 0 Å². The maximum atomic E-state index is 10.7. The van der Waals surface area contributed by atoms with Crippen LogP contribution in [0.2, 0.25) is 0 Å². The zero-order valence-electron chi connectivity index (χ0n) is 11.7. The third kappa shape index (κ3) is 2.52. The Kier molecular flexibility index (Phi) is 3.42. The number of hydrogen-bond donors (Lipinski definition) is 2. The Labute approximate surface area is 112 Å². The van der Waals surface area contributed by atoms with Gasteiger partial charge in [-0.3, -0.25) is 9.89 Å². The minimum absolute atomic E-state index is 0.0319. The second-order valence-corrected chi connectivity index (χ2v) is 4.98. The zero-order chi connectivity index (χ0) is 14.2. The number of nitrogens with one attached hydrogen (secondary N) is 1. The first-order valence-electron chi connectivity index (χ1n) is 6.24. The molecule has 2 rings (SSSR count). The summed E-state index contributed by atoms with van der Waals surface area (Å²) in [5.74, 6) is -0.857. The van der Waals surface area contributed by atoms with E-state index in [1.54, 1.807) is 0 Å². The quantitative estimate of drug-likeness (QED) is 0.889. The van der Waals surface area contributed by atoms with E-state index in [2.05, 4.69) is 44.0 Å². The number of benzene rings is 1. The van der Waals surface area contributed by atoms with Gasteiger partial charge in [0.05, 0.1) is 12.1 Å². The molecule has 4 nitrogen and oxygen atoms in total. The molecule has 0 bridgehead atoms. The summed E-state index contributed by atoms with van der Waals surface area (Å²) in [6, 6.07) is 3.99. The van der Waals surface area contributed by atoms with E-state index in [4.69, 9.17) is 5.11 Å². The first-order chi connectivity index (χ1) is 8.90. The van der Waals surface area contributed by atoms with Crippen molar-refractivity contribution in [2.24, 2.45) is 0 Å². The minimum Gasteiger partial charge on any atom is -0.481 e. The predicted octanol–water partition coefficient (Wildman–Crippen LogP) is 2.94. The van der Waals surface area contributed by atoms with Crippen LogP contribution in [0.3, 0.4) is 0 Å². The normalized spacial score (nSPS) is 10.7. The molecule has 0 spiro atoms. The van der Waals surface area contributed by atoms with Crippen molar-refractivity contribution in [2.75, 3.05) is 0 Å². The Balaban J connectivity index is 2.53. The number of aromatic nitrogens is 2. The Morgan fingerprint density at radius 3 is 2.26 bits per heavy atom. The molecule has 2 aromatic rings. The summed E-state index contributed by atoms with van der Waals surface area (Å²) in [5, 5.41) is 15.8. The first-order valence-corrected chi connectivity index (χ1v) is 6.24. The van der Waals surface area contributed by atoms with E-state index < -0.39 is 5.97 Å². The zero-order valence-corrected chi connectivity index (χ0v) is 11.7. The molecule has 1 aromatic carbocycles. The van der Waals surface area contributed by atoms with Crippen molar-refractivity contribution in [1.29, 1.82) is 0 Å². The van der Waals surface area contributed by atoms with Crippen LogP contribution in [0.15, 0.2) is 12.1 Å². The third-order valence-electron chi connectivity index (χ3n) is 3.59. The molecule has 0 fully saturated rings. The monoisotopic (exact) mass is 258 g/mol. The molecule has 0 radical (unpaired) electrons. The number of aromatic amines is 1. The van der Waals surface area contributed by atoms with Crippen LogP contribution in [-0.2, 0) is 11.2 Å². The fraction of sp³-hybridized carbons (Fsp3) is 0.333. The Bertz CT molecular complexity index is 616. The van der Waals surface area contributed by atoms with Crippen molar-refractivity contribution >= 4 is 5.97 Å². The molecule has 0 saturated heterocycles. The number of aryl methyl sites for hydroxylation is 2. The number of rotatable bonds is 3. The minimum atomic E-state index is -0.857. The van der Waals surface area contributed by atoms with Gasteiger partial charge < -0.3 is 5.11 Å². The molecule has 1 heterocycles. The van der Waals surface area contributed by atoms with Crippen LogP contribution in [0.25, 0.3) is 11.3 Å². The fourth-order valence-electron chi connectivity index (χ4n) is 2.34. The van der Waals surface area contributed by atoms with Crippen LogP contribution in [0.5, 0.6) is 0 Å². The molecule has 2 N–H and O–H groups in total. The maximum absolute atomic E-state index is 10.7. The van der Waals surface area contributed by atoms with Gasteiger partial charge in [-0.1, -0.05) is 6.07 Å². The number of nitrogens with zero attached hydrogens (tertiary/aromatic N) is 1. The summed E-state index contributed by atoms with van der Waals surface area (Å²) in [5.41, 5.74) is 7.37. The highest BCUT2D eigenvalue weighted by molar-refractivity contribution is 5.73. The predicted molar refractivity (Wildman–Crippen MR) is 74.3 cm³/mol. The average Bonchev–Trinajstić information content (AvgIpc) is 2.74. The van der Waals surface area contributed by atoms with E-state index in [1.165, 1.54) is 22.3 Å². The van der Waals surface area contributed by atoms with Crippen LogP contribution < -0.4 is 0 Å². The van der Waals surface area contributed by atoms with Crippen LogP contribution in [-0.4, -0.2) is 21.3 Å². The molecule has 0 aliphatic carbocycles. The molecule has 0 amide bonds. The van der Waals surface area contributed by atoms with Gasteiger partial charge in [-0.25, -0.2) is 0 Å². The number of hydrogen-bond acceptors (Lipinski definition) is 2. The second-order valence-electron chi connectivity index (χ2n) is 4.98. The first kappa shape index (κ1) is 13.3. The topological polar surface area (TPSA) is 66.0 Å². The number of H-pyrrole nitrogens is 1. The highest BCUT2D eigenvalue weighted by atomic mass is 16.4. The molecule has 0 aliphatic heterocycles. The molecule has 0 saturated carbocycles. The van der Waals surface area contributed by atoms with Gasteiger partial charge in [0.1, 0.15) is 0 Å². The Morgan fingerprint density at radius 1 is 1.16 bits per heavy atom. The molecule has 0 atom stereocenters. The molecule has 100 valence electrons. The van der Waals surface area contributed by atoms with Crippen molar-refractivity contribution in [3.05, 3.63) is 40.1 Å². The summed E-state index contributed by atoms with van der Waals surface area (Å²) in [6.45, 7) is 8.30. The van der Waals surface area contributed by atoms with E-state index in [9.17, 15) is 4.79 Å². The van der Waals surface area contributed by atoms with Gasteiger partial charge >= 0.3 is 5.97 Å². The Hall–Kier alpha value is -2.10. The largest absolute Gasteiger partial charge is 0.481 e. The summed E-state index contributed by atoms with van der Waals surface area (Å²) >= 11 is 0. The van der Waals surface area contributed by atoms with Gasteiger partial charge in [0.2, 0.25) is 0 Å². The molecule has 0 aliphatic rings. The molecule has 1 aromatic heterocycles. The van der Waals surface area contributed by atoms with Gasteiger partial charge in [0, 0.05) is 11.3 Å². The van der Waals surface area contributed by atoms with Crippen LogP contribution in [0, 0.1) is 27.7 Å². The second kappa shape index (κ2) is 4.88. The Morgan fingerprint density at radius 2 is 1.74 bits per heavy atom. The summed E-state index contributed by atoms with van der Waals surface area (Å²) < 4.78 is 0. The lowest BCUT2D eigenvalue weighted by atomic mass is 9.92.